The van der Waals surface area contributed by atoms with Crippen molar-refractivity contribution in [1.82, 2.24) is 10.2 Å². The summed E-state index contributed by atoms with van der Waals surface area (Å²) in [6.45, 7) is 6.54. The third-order valence-electron chi connectivity index (χ3n) is 5.39. The molecule has 0 bridgehead atoms. The van der Waals surface area contributed by atoms with Crippen LogP contribution in [0.5, 0.6) is 0 Å². The third-order valence-corrected chi connectivity index (χ3v) is 5.74. The minimum atomic E-state index is -2.91. The summed E-state index contributed by atoms with van der Waals surface area (Å²) in [5.74, 6) is -3.96. The Morgan fingerprint density at radius 1 is 1.22 bits per heavy atom. The lowest BCUT2D eigenvalue weighted by atomic mass is 9.88. The van der Waals surface area contributed by atoms with Gasteiger partial charge in [-0.1, -0.05) is 44.5 Å². The molecule has 0 atom stereocenters. The van der Waals surface area contributed by atoms with E-state index in [1.165, 1.54) is 6.20 Å². The van der Waals surface area contributed by atoms with E-state index in [0.29, 0.717) is 23.4 Å². The smallest absolute Gasteiger partial charge is 0.321 e. The van der Waals surface area contributed by atoms with E-state index in [0.717, 1.165) is 28.9 Å². The molecule has 1 aliphatic rings. The van der Waals surface area contributed by atoms with Crippen molar-refractivity contribution in [2.45, 2.75) is 71.6 Å². The number of benzene rings is 1. The summed E-state index contributed by atoms with van der Waals surface area (Å²) < 4.78 is 29.0. The van der Waals surface area contributed by atoms with Crippen molar-refractivity contribution < 1.29 is 23.5 Å². The normalized spacial score (nSPS) is 14.9. The van der Waals surface area contributed by atoms with E-state index in [4.69, 9.17) is 16.7 Å². The number of amides is 2. The van der Waals surface area contributed by atoms with Gasteiger partial charge in [-0.3, -0.25) is 4.79 Å². The first-order valence-electron chi connectivity index (χ1n) is 11.0. The van der Waals surface area contributed by atoms with Crippen molar-refractivity contribution in [3.05, 3.63) is 46.1 Å². The molecule has 0 fully saturated rings. The van der Waals surface area contributed by atoms with Gasteiger partial charge in [-0.05, 0) is 53.9 Å². The maximum absolute atomic E-state index is 14.5. The summed E-state index contributed by atoms with van der Waals surface area (Å²) in [7, 11) is 0. The number of nitrogens with one attached hydrogen (secondary N) is 1. The van der Waals surface area contributed by atoms with Crippen LogP contribution in [0.2, 0.25) is 5.02 Å². The van der Waals surface area contributed by atoms with Crippen LogP contribution in [0.3, 0.4) is 0 Å². The molecule has 5 nitrogen and oxygen atoms in total. The van der Waals surface area contributed by atoms with Crippen LogP contribution in [0.4, 0.5) is 13.6 Å². The van der Waals surface area contributed by atoms with Crippen LogP contribution >= 0.6 is 11.6 Å². The van der Waals surface area contributed by atoms with Crippen molar-refractivity contribution >= 4 is 23.6 Å². The second-order valence-corrected chi connectivity index (χ2v) is 10.1. The molecule has 1 aliphatic heterocycles. The Balaban J connectivity index is 1.86. The first-order chi connectivity index (χ1) is 14.8. The first-order valence-corrected chi connectivity index (χ1v) is 11.3. The van der Waals surface area contributed by atoms with Gasteiger partial charge in [-0.15, -0.1) is 0 Å². The summed E-state index contributed by atoms with van der Waals surface area (Å²) in [6, 6.07) is 5.35. The Bertz CT molecular complexity index is 850. The molecule has 0 radical (unpaired) electrons. The van der Waals surface area contributed by atoms with Gasteiger partial charge < -0.3 is 15.3 Å². The number of hydrogen-bond acceptors (Lipinski definition) is 2. The van der Waals surface area contributed by atoms with Crippen molar-refractivity contribution in [2.75, 3.05) is 13.1 Å². The number of halogens is 3. The molecule has 2 N–H and O–H groups in total. The fraction of sp³-hybridized carbons (Fsp3) is 0.583. The molecule has 0 aliphatic carbocycles. The molecule has 1 aromatic carbocycles. The largest absolute Gasteiger partial charge is 0.481 e. The predicted octanol–water partition coefficient (Wildman–Crippen LogP) is 6.05. The highest BCUT2D eigenvalue weighted by molar-refractivity contribution is 6.31. The van der Waals surface area contributed by atoms with Crippen LogP contribution in [-0.2, 0) is 17.6 Å². The van der Waals surface area contributed by atoms with Crippen molar-refractivity contribution in [3.63, 3.8) is 0 Å². The number of aliphatic carboxylic acids is 1. The molecule has 0 aromatic heterocycles. The minimum Gasteiger partial charge on any atom is -0.481 e. The van der Waals surface area contributed by atoms with E-state index in [2.05, 4.69) is 26.1 Å². The fourth-order valence-corrected chi connectivity index (χ4v) is 3.83. The van der Waals surface area contributed by atoms with Gasteiger partial charge in [-0.25, -0.2) is 13.6 Å². The van der Waals surface area contributed by atoms with Gasteiger partial charge in [0.1, 0.15) is 0 Å². The SMILES string of the molecule is CC(C)(C)CCc1ccc(CCCC(F)(F)CC2=CN(CCC(=O)O)C(=O)NC2)cc1Cl. The molecule has 0 saturated heterocycles. The number of hydrogen-bond donors (Lipinski definition) is 2. The van der Waals surface area contributed by atoms with Crippen LogP contribution in [0.25, 0.3) is 0 Å². The highest BCUT2D eigenvalue weighted by Crippen LogP contribution is 2.31. The Labute approximate surface area is 193 Å². The zero-order valence-corrected chi connectivity index (χ0v) is 19.8. The van der Waals surface area contributed by atoms with E-state index in [9.17, 15) is 18.4 Å². The topological polar surface area (TPSA) is 69.6 Å². The minimum absolute atomic E-state index is 0.0453. The lowest BCUT2D eigenvalue weighted by molar-refractivity contribution is -0.137. The zero-order valence-electron chi connectivity index (χ0n) is 19.0. The number of carbonyl (C=O) groups excluding carboxylic acids is 1. The molecule has 1 aromatic rings. The Kier molecular flexibility index (Phi) is 9.08. The summed E-state index contributed by atoms with van der Waals surface area (Å²) in [5.41, 5.74) is 2.62. The summed E-state index contributed by atoms with van der Waals surface area (Å²) in [5, 5.41) is 12.0. The van der Waals surface area contributed by atoms with Gasteiger partial charge in [0, 0.05) is 37.2 Å². The number of urea groups is 1. The highest BCUT2D eigenvalue weighted by atomic mass is 35.5. The van der Waals surface area contributed by atoms with E-state index in [1.54, 1.807) is 0 Å². The lowest BCUT2D eigenvalue weighted by Gasteiger charge is -2.27. The second kappa shape index (κ2) is 11.1. The average molecular weight is 471 g/mol. The number of carboxylic acids is 1. The summed E-state index contributed by atoms with van der Waals surface area (Å²) in [4.78, 5) is 23.6. The van der Waals surface area contributed by atoms with Gasteiger partial charge in [0.25, 0.3) is 5.92 Å². The molecule has 0 saturated carbocycles. The maximum atomic E-state index is 14.5. The highest BCUT2D eigenvalue weighted by Gasteiger charge is 2.31. The van der Waals surface area contributed by atoms with Gasteiger partial charge in [-0.2, -0.15) is 0 Å². The molecule has 0 spiro atoms. The quantitative estimate of drug-likeness (QED) is 0.413. The van der Waals surface area contributed by atoms with Crippen molar-refractivity contribution in [1.29, 1.82) is 0 Å². The molecular formula is C24H33ClF2N2O3. The van der Waals surface area contributed by atoms with Crippen LogP contribution in [0.15, 0.2) is 30.0 Å². The van der Waals surface area contributed by atoms with Gasteiger partial charge in [0.2, 0.25) is 0 Å². The molecule has 1 heterocycles. The number of aryl methyl sites for hydroxylation is 2. The summed E-state index contributed by atoms with van der Waals surface area (Å²) in [6.07, 6.45) is 3.08. The Morgan fingerprint density at radius 2 is 1.94 bits per heavy atom. The summed E-state index contributed by atoms with van der Waals surface area (Å²) >= 11 is 6.40. The van der Waals surface area contributed by atoms with Crippen molar-refractivity contribution in [2.24, 2.45) is 5.41 Å². The molecule has 0 unspecified atom stereocenters. The molecule has 8 heteroatoms. The second-order valence-electron chi connectivity index (χ2n) is 9.66. The molecule has 178 valence electrons. The maximum Gasteiger partial charge on any atom is 0.321 e. The molecule has 32 heavy (non-hydrogen) atoms. The number of carbonyl (C=O) groups is 2. The van der Waals surface area contributed by atoms with Gasteiger partial charge >= 0.3 is 12.0 Å². The van der Waals surface area contributed by atoms with E-state index in [-0.39, 0.29) is 31.3 Å². The third kappa shape index (κ3) is 9.15. The number of rotatable bonds is 11. The predicted molar refractivity (Wildman–Crippen MR) is 122 cm³/mol. The van der Waals surface area contributed by atoms with Gasteiger partial charge in [0.15, 0.2) is 0 Å². The zero-order chi connectivity index (χ0) is 23.9. The molecule has 2 amide bonds. The van der Waals surface area contributed by atoms with Crippen LogP contribution in [0, 0.1) is 5.41 Å². The lowest BCUT2D eigenvalue weighted by Crippen LogP contribution is -2.43. The van der Waals surface area contributed by atoms with Gasteiger partial charge in [0.05, 0.1) is 6.42 Å². The Morgan fingerprint density at radius 3 is 2.56 bits per heavy atom. The van der Waals surface area contributed by atoms with Crippen LogP contribution < -0.4 is 5.32 Å². The average Bonchev–Trinajstić information content (AvgIpc) is 2.66. The van der Waals surface area contributed by atoms with Crippen molar-refractivity contribution in [3.8, 4) is 0 Å². The van der Waals surface area contributed by atoms with E-state index in [1.807, 2.05) is 18.2 Å². The van der Waals surface area contributed by atoms with E-state index < -0.39 is 24.3 Å². The number of alkyl halides is 2. The molecular weight excluding hydrogens is 438 g/mol. The monoisotopic (exact) mass is 470 g/mol. The van der Waals surface area contributed by atoms with Crippen LogP contribution in [-0.4, -0.2) is 41.0 Å². The standard InChI is InChI=1S/C24H33ClF2N2O3/c1-23(2,3)11-8-19-7-6-17(13-20(19)25)5-4-10-24(26,27)14-18-15-28-22(32)29(16-18)12-9-21(30)31/h6-7,13,16H,4-5,8-12,14-15H2,1-3H3,(H,28,32)(H,30,31). The Hall–Kier alpha value is -2.15. The first kappa shape index (κ1) is 26.1. The number of carboxylic acid groups (broad SMARTS) is 1. The fourth-order valence-electron chi connectivity index (χ4n) is 3.54. The van der Waals surface area contributed by atoms with E-state index >= 15 is 0 Å². The molecule has 2 rings (SSSR count). The number of nitrogens with zero attached hydrogens (tertiary/aromatic N) is 1. The van der Waals surface area contributed by atoms with Crippen LogP contribution in [0.1, 0.15) is 64.0 Å².